The molecular formula is C18H19N5S. The molecule has 24 heavy (non-hydrogen) atoms. The summed E-state index contributed by atoms with van der Waals surface area (Å²) in [7, 11) is 0. The van der Waals surface area contributed by atoms with Gasteiger partial charge in [-0.05, 0) is 37.3 Å². The van der Waals surface area contributed by atoms with Gasteiger partial charge in [0.1, 0.15) is 12.0 Å². The van der Waals surface area contributed by atoms with Crippen LogP contribution in [0.15, 0.2) is 58.9 Å². The Morgan fingerprint density at radius 1 is 1.12 bits per heavy atom. The molecule has 0 unspecified atom stereocenters. The minimum Gasteiger partial charge on any atom is -0.346 e. The smallest absolute Gasteiger partial charge is 0.164 e. The molecule has 3 heterocycles. The maximum Gasteiger partial charge on any atom is 0.164 e. The van der Waals surface area contributed by atoms with Crippen LogP contribution in [0.5, 0.6) is 0 Å². The van der Waals surface area contributed by atoms with Gasteiger partial charge in [0.2, 0.25) is 0 Å². The second kappa shape index (κ2) is 7.15. The Labute approximate surface area is 145 Å². The summed E-state index contributed by atoms with van der Waals surface area (Å²) in [5.41, 5.74) is 2.07. The Bertz CT molecular complexity index is 836. The third-order valence-corrected chi connectivity index (χ3v) is 5.26. The van der Waals surface area contributed by atoms with Crippen molar-refractivity contribution in [2.24, 2.45) is 4.99 Å². The van der Waals surface area contributed by atoms with Crippen LogP contribution in [0, 0.1) is 0 Å². The van der Waals surface area contributed by atoms with Gasteiger partial charge in [0.05, 0.1) is 5.39 Å². The molecule has 0 saturated carbocycles. The maximum absolute atomic E-state index is 4.79. The number of nitrogens with zero attached hydrogens (tertiary/aromatic N) is 4. The zero-order valence-corrected chi connectivity index (χ0v) is 14.2. The highest BCUT2D eigenvalue weighted by atomic mass is 32.2. The Balaban J connectivity index is 1.41. The number of aliphatic imine (C=N–C) groups is 1. The van der Waals surface area contributed by atoms with Crippen LogP contribution in [0.4, 0.5) is 5.82 Å². The zero-order chi connectivity index (χ0) is 16.2. The molecule has 0 atom stereocenters. The molecule has 5 nitrogen and oxygen atoms in total. The van der Waals surface area contributed by atoms with Crippen LogP contribution in [0.25, 0.3) is 11.0 Å². The second-order valence-corrected chi connectivity index (χ2v) is 7.01. The molecule has 1 saturated heterocycles. The summed E-state index contributed by atoms with van der Waals surface area (Å²) in [6.45, 7) is 2.05. The van der Waals surface area contributed by atoms with E-state index < -0.39 is 0 Å². The van der Waals surface area contributed by atoms with Crippen LogP contribution in [-0.4, -0.2) is 38.1 Å². The van der Waals surface area contributed by atoms with Gasteiger partial charge in [-0.1, -0.05) is 30.4 Å². The first kappa shape index (κ1) is 15.4. The van der Waals surface area contributed by atoms with Gasteiger partial charge in [-0.3, -0.25) is 0 Å². The number of fused-ring (bicyclic) bond motifs is 1. The topological polar surface area (TPSA) is 57.2 Å². The summed E-state index contributed by atoms with van der Waals surface area (Å²) in [5, 5.41) is 0.990. The normalized spacial score (nSPS) is 18.7. The van der Waals surface area contributed by atoms with E-state index in [1.54, 1.807) is 6.33 Å². The number of rotatable bonds is 3. The molecule has 6 heteroatoms. The van der Waals surface area contributed by atoms with E-state index in [0.29, 0.717) is 0 Å². The van der Waals surface area contributed by atoms with Crippen LogP contribution < -0.4 is 0 Å². The average Bonchev–Trinajstić information content (AvgIpc) is 2.95. The van der Waals surface area contributed by atoms with Gasteiger partial charge in [0, 0.05) is 29.9 Å². The van der Waals surface area contributed by atoms with E-state index in [1.807, 2.05) is 24.2 Å². The number of aromatic amines is 1. The van der Waals surface area contributed by atoms with Gasteiger partial charge >= 0.3 is 0 Å². The van der Waals surface area contributed by atoms with Crippen molar-refractivity contribution in [3.63, 3.8) is 0 Å². The fourth-order valence-corrected chi connectivity index (χ4v) is 3.84. The Hall–Kier alpha value is -2.18. The number of nitrogens with one attached hydrogen (secondary N) is 1. The van der Waals surface area contributed by atoms with Crippen molar-refractivity contribution < 1.29 is 0 Å². The van der Waals surface area contributed by atoms with E-state index in [-0.39, 0.29) is 0 Å². The van der Waals surface area contributed by atoms with Gasteiger partial charge in [-0.2, -0.15) is 0 Å². The Kier molecular flexibility index (Phi) is 4.57. The van der Waals surface area contributed by atoms with Crippen molar-refractivity contribution in [1.82, 2.24) is 19.3 Å². The number of piperidine rings is 1. The van der Waals surface area contributed by atoms with Crippen LogP contribution in [0.1, 0.15) is 19.3 Å². The van der Waals surface area contributed by atoms with Gasteiger partial charge in [0.25, 0.3) is 0 Å². The van der Waals surface area contributed by atoms with Crippen molar-refractivity contribution in [3.05, 3.63) is 53.9 Å². The molecule has 0 radical (unpaired) electrons. The minimum atomic E-state index is 0.777. The summed E-state index contributed by atoms with van der Waals surface area (Å²) in [4.78, 5) is 17.8. The van der Waals surface area contributed by atoms with E-state index in [0.717, 1.165) is 49.2 Å². The first-order chi connectivity index (χ1) is 11.9. The molecule has 1 aliphatic heterocycles. The van der Waals surface area contributed by atoms with Crippen LogP contribution >= 0.6 is 11.9 Å². The summed E-state index contributed by atoms with van der Waals surface area (Å²) >= 11 is 1.87. The van der Waals surface area contributed by atoms with Crippen LogP contribution in [0.3, 0.4) is 0 Å². The van der Waals surface area contributed by atoms with Crippen molar-refractivity contribution in [2.75, 3.05) is 13.1 Å². The van der Waals surface area contributed by atoms with Crippen molar-refractivity contribution in [2.45, 2.75) is 19.3 Å². The average molecular weight is 337 g/mol. The summed E-state index contributed by atoms with van der Waals surface area (Å²) < 4.78 is 2.43. The van der Waals surface area contributed by atoms with Crippen molar-refractivity contribution in [3.8, 4) is 0 Å². The molecule has 122 valence electrons. The molecule has 1 fully saturated rings. The highest BCUT2D eigenvalue weighted by Crippen LogP contribution is 2.29. The van der Waals surface area contributed by atoms with Gasteiger partial charge in [-0.25, -0.2) is 19.3 Å². The van der Waals surface area contributed by atoms with Gasteiger partial charge in [0.15, 0.2) is 5.82 Å². The van der Waals surface area contributed by atoms with Crippen molar-refractivity contribution >= 4 is 34.5 Å². The summed E-state index contributed by atoms with van der Waals surface area (Å²) in [6.07, 6.45) is 17.2. The number of allylic oxidation sites excluding steroid dienone is 6. The summed E-state index contributed by atoms with van der Waals surface area (Å²) in [6, 6.07) is 1.99. The minimum absolute atomic E-state index is 0.777. The molecule has 0 amide bonds. The molecule has 0 spiro atoms. The second-order valence-electron chi connectivity index (χ2n) is 5.79. The predicted octanol–water partition coefficient (Wildman–Crippen LogP) is 4.17. The van der Waals surface area contributed by atoms with E-state index in [9.17, 15) is 0 Å². The standard InChI is InChI=1S/C18H19N5S/c1-2-4-6-15(5-3-1)24-23-11-8-14(9-12-23)22-18-16-7-10-19-17(16)20-13-21-18/h1-5,7,10,13H,6,8-9,11-12H2,(H,19,20,21). The molecule has 4 rings (SSSR count). The van der Waals surface area contributed by atoms with E-state index in [1.165, 1.54) is 10.6 Å². The highest BCUT2D eigenvalue weighted by molar-refractivity contribution is 8.00. The first-order valence-corrected chi connectivity index (χ1v) is 8.95. The molecule has 1 N–H and O–H groups in total. The molecule has 0 bridgehead atoms. The molecular weight excluding hydrogens is 318 g/mol. The van der Waals surface area contributed by atoms with E-state index >= 15 is 0 Å². The number of H-pyrrole nitrogens is 1. The first-order valence-electron chi connectivity index (χ1n) is 8.18. The summed E-state index contributed by atoms with van der Waals surface area (Å²) in [5.74, 6) is 0.777. The van der Waals surface area contributed by atoms with Crippen LogP contribution in [-0.2, 0) is 0 Å². The number of hydrogen-bond acceptors (Lipinski definition) is 5. The van der Waals surface area contributed by atoms with Crippen molar-refractivity contribution in [1.29, 1.82) is 0 Å². The Morgan fingerprint density at radius 2 is 2.04 bits per heavy atom. The molecule has 2 aromatic heterocycles. The fraction of sp³-hybridized carbons (Fsp3) is 0.278. The van der Waals surface area contributed by atoms with E-state index in [2.05, 4.69) is 49.6 Å². The third-order valence-electron chi connectivity index (χ3n) is 4.10. The lowest BCUT2D eigenvalue weighted by Gasteiger charge is -2.27. The lowest BCUT2D eigenvalue weighted by atomic mass is 10.1. The quantitative estimate of drug-likeness (QED) is 0.854. The SMILES string of the molecule is C1=CC=C(SN2CCC(=Nc3ncnc4[nH]ccc34)CC2)CC=C1. The lowest BCUT2D eigenvalue weighted by molar-refractivity contribution is 0.472. The van der Waals surface area contributed by atoms with E-state index in [4.69, 9.17) is 4.99 Å². The maximum atomic E-state index is 4.79. The molecule has 2 aromatic rings. The molecule has 1 aliphatic carbocycles. The third kappa shape index (κ3) is 3.49. The monoisotopic (exact) mass is 337 g/mol. The van der Waals surface area contributed by atoms with Gasteiger partial charge < -0.3 is 4.98 Å². The predicted molar refractivity (Wildman–Crippen MR) is 100 cm³/mol. The Morgan fingerprint density at radius 3 is 2.96 bits per heavy atom. The number of aromatic nitrogens is 3. The zero-order valence-electron chi connectivity index (χ0n) is 13.4. The molecule has 2 aliphatic rings. The largest absolute Gasteiger partial charge is 0.346 e. The molecule has 0 aromatic carbocycles. The lowest BCUT2D eigenvalue weighted by Crippen LogP contribution is -2.28. The van der Waals surface area contributed by atoms with Gasteiger partial charge in [-0.15, -0.1) is 0 Å². The fourth-order valence-electron chi connectivity index (χ4n) is 2.84. The highest BCUT2D eigenvalue weighted by Gasteiger charge is 2.17. The van der Waals surface area contributed by atoms with Crippen LogP contribution in [0.2, 0.25) is 0 Å². The number of hydrogen-bond donors (Lipinski definition) is 1.